The van der Waals surface area contributed by atoms with Gasteiger partial charge in [0.1, 0.15) is 0 Å². The number of pyridine rings is 1. The van der Waals surface area contributed by atoms with Gasteiger partial charge in [0.25, 0.3) is 5.56 Å². The molecule has 0 aliphatic carbocycles. The maximum atomic E-state index is 12.6. The predicted molar refractivity (Wildman–Crippen MR) is 90.8 cm³/mol. The third-order valence-corrected chi connectivity index (χ3v) is 4.27. The molecule has 1 heterocycles. The van der Waals surface area contributed by atoms with Crippen molar-refractivity contribution in [2.75, 3.05) is 0 Å². The van der Waals surface area contributed by atoms with Crippen LogP contribution >= 0.6 is 15.9 Å². The van der Waals surface area contributed by atoms with Crippen LogP contribution in [-0.4, -0.2) is 4.57 Å². The average Bonchev–Trinajstić information content (AvgIpc) is 2.51. The van der Waals surface area contributed by atoms with E-state index in [1.807, 2.05) is 48.7 Å². The number of hydrogen-bond acceptors (Lipinski definition) is 1. The molecule has 2 nitrogen and oxygen atoms in total. The molecule has 3 rings (SSSR count). The molecular formula is C18H16BrNO. The number of aromatic nitrogens is 1. The molecule has 21 heavy (non-hydrogen) atoms. The molecule has 0 fully saturated rings. The molecule has 0 spiro atoms. The summed E-state index contributed by atoms with van der Waals surface area (Å²) in [6.07, 6.45) is 1.89. The minimum absolute atomic E-state index is 0.0720. The van der Waals surface area contributed by atoms with E-state index in [1.54, 1.807) is 4.57 Å². The molecule has 0 bridgehead atoms. The molecule has 3 aromatic rings. The zero-order valence-electron chi connectivity index (χ0n) is 11.8. The van der Waals surface area contributed by atoms with Crippen molar-refractivity contribution in [3.63, 3.8) is 0 Å². The number of rotatable bonds is 3. The molecule has 0 unspecified atom stereocenters. The Kier molecular flexibility index (Phi) is 3.93. The van der Waals surface area contributed by atoms with Crippen molar-refractivity contribution < 1.29 is 0 Å². The van der Waals surface area contributed by atoms with E-state index in [1.165, 1.54) is 5.56 Å². The SMILES string of the molecule is C[C@H](Cn1ccc2cc(Br)ccc2c1=O)c1ccccc1. The van der Waals surface area contributed by atoms with Gasteiger partial charge >= 0.3 is 0 Å². The lowest BCUT2D eigenvalue weighted by atomic mass is 10.0. The Balaban J connectivity index is 1.96. The second kappa shape index (κ2) is 5.86. The fourth-order valence-corrected chi connectivity index (χ4v) is 2.96. The van der Waals surface area contributed by atoms with Crippen LogP contribution in [0.25, 0.3) is 10.8 Å². The Morgan fingerprint density at radius 1 is 1.10 bits per heavy atom. The van der Waals surface area contributed by atoms with Crippen molar-refractivity contribution in [2.24, 2.45) is 0 Å². The van der Waals surface area contributed by atoms with Crippen LogP contribution in [0.15, 0.2) is 70.1 Å². The number of fused-ring (bicyclic) bond motifs is 1. The first-order valence-electron chi connectivity index (χ1n) is 6.99. The molecule has 106 valence electrons. The van der Waals surface area contributed by atoms with Crippen LogP contribution in [0.1, 0.15) is 18.4 Å². The van der Waals surface area contributed by atoms with Crippen molar-refractivity contribution in [1.82, 2.24) is 4.57 Å². The van der Waals surface area contributed by atoms with E-state index >= 15 is 0 Å². The second-order valence-corrected chi connectivity index (χ2v) is 6.23. The third kappa shape index (κ3) is 2.93. The molecule has 1 aromatic heterocycles. The molecule has 0 saturated carbocycles. The van der Waals surface area contributed by atoms with E-state index in [0.29, 0.717) is 12.5 Å². The molecule has 1 atom stereocenters. The largest absolute Gasteiger partial charge is 0.314 e. The summed E-state index contributed by atoms with van der Waals surface area (Å²) in [6, 6.07) is 18.1. The standard InChI is InChI=1S/C18H16BrNO/c1-13(14-5-3-2-4-6-14)12-20-10-9-15-11-16(19)7-8-17(15)18(20)21/h2-11,13H,12H2,1H3/t13-/m1/s1. The normalized spacial score (nSPS) is 12.5. The Morgan fingerprint density at radius 3 is 2.62 bits per heavy atom. The first-order valence-corrected chi connectivity index (χ1v) is 7.78. The number of halogens is 1. The lowest BCUT2D eigenvalue weighted by Gasteiger charge is -2.14. The quantitative estimate of drug-likeness (QED) is 0.684. The summed E-state index contributed by atoms with van der Waals surface area (Å²) in [7, 11) is 0. The first kappa shape index (κ1) is 14.1. The van der Waals surface area contributed by atoms with E-state index in [-0.39, 0.29) is 5.56 Å². The summed E-state index contributed by atoms with van der Waals surface area (Å²) in [5.41, 5.74) is 1.32. The Bertz CT molecular complexity index is 823. The highest BCUT2D eigenvalue weighted by atomic mass is 79.9. The number of hydrogen-bond donors (Lipinski definition) is 0. The van der Waals surface area contributed by atoms with Crippen LogP contribution in [0.3, 0.4) is 0 Å². The minimum Gasteiger partial charge on any atom is -0.314 e. The van der Waals surface area contributed by atoms with Crippen molar-refractivity contribution >= 4 is 26.7 Å². The molecule has 0 aliphatic rings. The number of benzene rings is 2. The van der Waals surface area contributed by atoms with Gasteiger partial charge in [-0.2, -0.15) is 0 Å². The van der Waals surface area contributed by atoms with Crippen molar-refractivity contribution in [1.29, 1.82) is 0 Å². The van der Waals surface area contributed by atoms with Gasteiger partial charge in [0.2, 0.25) is 0 Å². The zero-order valence-corrected chi connectivity index (χ0v) is 13.4. The summed E-state index contributed by atoms with van der Waals surface area (Å²) in [5, 5.41) is 1.74. The highest BCUT2D eigenvalue weighted by molar-refractivity contribution is 9.10. The monoisotopic (exact) mass is 341 g/mol. The average molecular weight is 342 g/mol. The molecule has 0 saturated heterocycles. The molecule has 0 N–H and O–H groups in total. The fraction of sp³-hybridized carbons (Fsp3) is 0.167. The minimum atomic E-state index is 0.0720. The highest BCUT2D eigenvalue weighted by Gasteiger charge is 2.09. The summed E-state index contributed by atoms with van der Waals surface area (Å²) < 4.78 is 2.79. The van der Waals surface area contributed by atoms with Crippen molar-refractivity contribution in [3.8, 4) is 0 Å². The lowest BCUT2D eigenvalue weighted by Crippen LogP contribution is -2.22. The van der Waals surface area contributed by atoms with Gasteiger partial charge in [0.15, 0.2) is 0 Å². The molecule has 3 heteroatoms. The van der Waals surface area contributed by atoms with E-state index in [9.17, 15) is 4.79 Å². The van der Waals surface area contributed by atoms with E-state index in [2.05, 4.69) is 35.0 Å². The number of nitrogens with zero attached hydrogens (tertiary/aromatic N) is 1. The maximum Gasteiger partial charge on any atom is 0.258 e. The lowest BCUT2D eigenvalue weighted by molar-refractivity contribution is 0.584. The van der Waals surface area contributed by atoms with E-state index in [0.717, 1.165) is 15.2 Å². The van der Waals surface area contributed by atoms with Gasteiger partial charge in [-0.15, -0.1) is 0 Å². The maximum absolute atomic E-state index is 12.6. The van der Waals surface area contributed by atoms with E-state index < -0.39 is 0 Å². The fourth-order valence-electron chi connectivity index (χ4n) is 2.58. The van der Waals surface area contributed by atoms with Crippen molar-refractivity contribution in [3.05, 3.63) is 81.2 Å². The van der Waals surface area contributed by atoms with Gasteiger partial charge in [-0.1, -0.05) is 53.2 Å². The van der Waals surface area contributed by atoms with Crippen LogP contribution in [0.5, 0.6) is 0 Å². The first-order chi connectivity index (χ1) is 10.1. The summed E-state index contributed by atoms with van der Waals surface area (Å²) in [4.78, 5) is 12.6. The Hall–Kier alpha value is -1.87. The summed E-state index contributed by atoms with van der Waals surface area (Å²) in [5.74, 6) is 0.303. The molecule has 0 aliphatic heterocycles. The van der Waals surface area contributed by atoms with Gasteiger partial charge in [0.05, 0.1) is 0 Å². The van der Waals surface area contributed by atoms with Crippen molar-refractivity contribution in [2.45, 2.75) is 19.4 Å². The van der Waals surface area contributed by atoms with Gasteiger partial charge < -0.3 is 4.57 Å². The van der Waals surface area contributed by atoms with Gasteiger partial charge in [0, 0.05) is 22.6 Å². The Morgan fingerprint density at radius 2 is 1.86 bits per heavy atom. The van der Waals surface area contributed by atoms with Gasteiger partial charge in [-0.05, 0) is 41.1 Å². The smallest absolute Gasteiger partial charge is 0.258 e. The predicted octanol–water partition coefficient (Wildman–Crippen LogP) is 4.57. The van der Waals surface area contributed by atoms with Crippen LogP contribution < -0.4 is 5.56 Å². The van der Waals surface area contributed by atoms with Crippen LogP contribution in [-0.2, 0) is 6.54 Å². The van der Waals surface area contributed by atoms with Crippen LogP contribution in [0.2, 0.25) is 0 Å². The van der Waals surface area contributed by atoms with Gasteiger partial charge in [-0.25, -0.2) is 0 Å². The molecule has 0 radical (unpaired) electrons. The third-order valence-electron chi connectivity index (χ3n) is 3.78. The molecule has 0 amide bonds. The van der Waals surface area contributed by atoms with Crippen LogP contribution in [0, 0.1) is 0 Å². The molecule has 2 aromatic carbocycles. The zero-order chi connectivity index (χ0) is 14.8. The Labute approximate surface area is 132 Å². The van der Waals surface area contributed by atoms with Crippen LogP contribution in [0.4, 0.5) is 0 Å². The highest BCUT2D eigenvalue weighted by Crippen LogP contribution is 2.19. The summed E-state index contributed by atoms with van der Waals surface area (Å²) in [6.45, 7) is 2.84. The topological polar surface area (TPSA) is 22.0 Å². The second-order valence-electron chi connectivity index (χ2n) is 5.32. The summed E-state index contributed by atoms with van der Waals surface area (Å²) >= 11 is 3.44. The van der Waals surface area contributed by atoms with Gasteiger partial charge in [-0.3, -0.25) is 4.79 Å². The van der Waals surface area contributed by atoms with E-state index in [4.69, 9.17) is 0 Å². The molecular weight excluding hydrogens is 326 g/mol.